The fourth-order valence-electron chi connectivity index (χ4n) is 2.56. The average molecular weight is 280 g/mol. The van der Waals surface area contributed by atoms with Gasteiger partial charge >= 0.3 is 0 Å². The molecule has 2 rings (SSSR count). The van der Waals surface area contributed by atoms with Crippen LogP contribution in [-0.4, -0.2) is 51.5 Å². The normalized spacial score (nSPS) is 21.5. The van der Waals surface area contributed by atoms with Gasteiger partial charge in [0.2, 0.25) is 0 Å². The minimum absolute atomic E-state index is 0.0823. The van der Waals surface area contributed by atoms with Crippen LogP contribution < -0.4 is 15.2 Å². The molecule has 0 bridgehead atoms. The molecule has 0 aliphatic carbocycles. The van der Waals surface area contributed by atoms with Crippen molar-refractivity contribution in [1.82, 2.24) is 4.90 Å². The molecule has 1 aliphatic rings. The first-order chi connectivity index (χ1) is 9.63. The van der Waals surface area contributed by atoms with Gasteiger partial charge in [0, 0.05) is 37.3 Å². The van der Waals surface area contributed by atoms with E-state index in [4.69, 9.17) is 19.9 Å². The molecule has 1 heterocycles. The Kier molecular flexibility index (Phi) is 5.23. The summed E-state index contributed by atoms with van der Waals surface area (Å²) in [5.41, 5.74) is 7.34. The highest BCUT2D eigenvalue weighted by molar-refractivity contribution is 5.42. The number of nitrogens with two attached hydrogens (primary N) is 1. The number of nitrogens with zero attached hydrogens (tertiary/aromatic N) is 1. The van der Waals surface area contributed by atoms with Crippen LogP contribution in [0.4, 0.5) is 0 Å². The van der Waals surface area contributed by atoms with Gasteiger partial charge in [-0.2, -0.15) is 0 Å². The van der Waals surface area contributed by atoms with Gasteiger partial charge in [-0.15, -0.1) is 0 Å². The third kappa shape index (κ3) is 3.62. The molecule has 0 aromatic heterocycles. The molecule has 1 aliphatic heterocycles. The maximum Gasteiger partial charge on any atom is 0.127 e. The van der Waals surface area contributed by atoms with Crippen molar-refractivity contribution < 1.29 is 14.2 Å². The summed E-state index contributed by atoms with van der Waals surface area (Å²) < 4.78 is 16.2. The van der Waals surface area contributed by atoms with Crippen molar-refractivity contribution in [2.75, 3.05) is 40.5 Å². The maximum atomic E-state index is 6.34. The predicted molar refractivity (Wildman–Crippen MR) is 78.3 cm³/mol. The lowest BCUT2D eigenvalue weighted by atomic mass is 10.1. The molecule has 20 heavy (non-hydrogen) atoms. The van der Waals surface area contributed by atoms with E-state index in [1.165, 1.54) is 0 Å². The van der Waals surface area contributed by atoms with Gasteiger partial charge in [-0.05, 0) is 13.0 Å². The van der Waals surface area contributed by atoms with Crippen LogP contribution in [0.25, 0.3) is 0 Å². The van der Waals surface area contributed by atoms with Crippen LogP contribution in [0.1, 0.15) is 18.5 Å². The quantitative estimate of drug-likeness (QED) is 0.884. The zero-order valence-corrected chi connectivity index (χ0v) is 12.5. The fraction of sp³-hybridized carbons (Fsp3) is 0.600. The van der Waals surface area contributed by atoms with Gasteiger partial charge in [0.05, 0.1) is 26.9 Å². The van der Waals surface area contributed by atoms with E-state index in [0.29, 0.717) is 0 Å². The first-order valence-electron chi connectivity index (χ1n) is 6.95. The smallest absolute Gasteiger partial charge is 0.127 e. The van der Waals surface area contributed by atoms with Crippen molar-refractivity contribution in [1.29, 1.82) is 0 Å². The molecule has 0 radical (unpaired) electrons. The maximum absolute atomic E-state index is 6.34. The summed E-state index contributed by atoms with van der Waals surface area (Å²) >= 11 is 0. The van der Waals surface area contributed by atoms with Crippen LogP contribution in [0.5, 0.6) is 11.5 Å². The standard InChI is InChI=1S/C15H24N2O3/c1-11-9-17(6-7-20-11)10-14(16)13-5-4-12(18-2)8-15(13)19-3/h4-5,8,11,14H,6-7,9-10,16H2,1-3H3. The molecule has 0 amide bonds. The van der Waals surface area contributed by atoms with Crippen LogP contribution in [-0.2, 0) is 4.74 Å². The largest absolute Gasteiger partial charge is 0.497 e. The van der Waals surface area contributed by atoms with Crippen molar-refractivity contribution in [3.63, 3.8) is 0 Å². The Labute approximate surface area is 120 Å². The van der Waals surface area contributed by atoms with Gasteiger partial charge in [0.15, 0.2) is 0 Å². The van der Waals surface area contributed by atoms with E-state index in [0.717, 1.165) is 43.3 Å². The third-order valence-corrected chi connectivity index (χ3v) is 3.62. The van der Waals surface area contributed by atoms with Crippen LogP contribution in [0, 0.1) is 0 Å². The van der Waals surface area contributed by atoms with Crippen molar-refractivity contribution in [3.8, 4) is 11.5 Å². The van der Waals surface area contributed by atoms with Crippen LogP contribution >= 0.6 is 0 Å². The summed E-state index contributed by atoms with van der Waals surface area (Å²) in [5, 5.41) is 0. The van der Waals surface area contributed by atoms with Gasteiger partial charge in [-0.1, -0.05) is 6.07 Å². The molecule has 5 nitrogen and oxygen atoms in total. The Hall–Kier alpha value is -1.30. The molecular formula is C15H24N2O3. The highest BCUT2D eigenvalue weighted by atomic mass is 16.5. The lowest BCUT2D eigenvalue weighted by Gasteiger charge is -2.33. The molecule has 1 saturated heterocycles. The van der Waals surface area contributed by atoms with Crippen LogP contribution in [0.15, 0.2) is 18.2 Å². The Morgan fingerprint density at radius 3 is 2.85 bits per heavy atom. The zero-order valence-electron chi connectivity index (χ0n) is 12.5. The number of hydrogen-bond donors (Lipinski definition) is 1. The van der Waals surface area contributed by atoms with E-state index in [-0.39, 0.29) is 12.1 Å². The Balaban J connectivity index is 2.06. The van der Waals surface area contributed by atoms with Gasteiger partial charge in [0.1, 0.15) is 11.5 Å². The van der Waals surface area contributed by atoms with Crippen LogP contribution in [0.3, 0.4) is 0 Å². The second kappa shape index (κ2) is 6.92. The first kappa shape index (κ1) is 15.1. The summed E-state index contributed by atoms with van der Waals surface area (Å²) in [4.78, 5) is 2.34. The minimum Gasteiger partial charge on any atom is -0.497 e. The van der Waals surface area contributed by atoms with Gasteiger partial charge in [-0.3, -0.25) is 4.90 Å². The van der Waals surface area contributed by atoms with Crippen LogP contribution in [0.2, 0.25) is 0 Å². The van der Waals surface area contributed by atoms with Crippen molar-refractivity contribution >= 4 is 0 Å². The highest BCUT2D eigenvalue weighted by Gasteiger charge is 2.21. The Bertz CT molecular complexity index is 439. The summed E-state index contributed by atoms with van der Waals surface area (Å²) in [6.45, 7) is 5.51. The SMILES string of the molecule is COc1ccc(C(N)CN2CCOC(C)C2)c(OC)c1. The predicted octanol–water partition coefficient (Wildman–Crippen LogP) is 1.42. The van der Waals surface area contributed by atoms with Gasteiger partial charge < -0.3 is 19.9 Å². The molecule has 5 heteroatoms. The van der Waals surface area contributed by atoms with Crippen molar-refractivity contribution in [3.05, 3.63) is 23.8 Å². The average Bonchev–Trinajstić information content (AvgIpc) is 2.46. The van der Waals surface area contributed by atoms with Crippen molar-refractivity contribution in [2.45, 2.75) is 19.1 Å². The highest BCUT2D eigenvalue weighted by Crippen LogP contribution is 2.29. The van der Waals surface area contributed by atoms with Gasteiger partial charge in [-0.25, -0.2) is 0 Å². The lowest BCUT2D eigenvalue weighted by Crippen LogP contribution is -2.44. The van der Waals surface area contributed by atoms with E-state index in [2.05, 4.69) is 11.8 Å². The van der Waals surface area contributed by atoms with E-state index in [9.17, 15) is 0 Å². The number of morpholine rings is 1. The topological polar surface area (TPSA) is 57.0 Å². The second-order valence-corrected chi connectivity index (χ2v) is 5.16. The summed E-state index contributed by atoms with van der Waals surface area (Å²) in [7, 11) is 3.30. The molecule has 1 aromatic rings. The third-order valence-electron chi connectivity index (χ3n) is 3.62. The second-order valence-electron chi connectivity index (χ2n) is 5.16. The molecular weight excluding hydrogens is 256 g/mol. The first-order valence-corrected chi connectivity index (χ1v) is 6.95. The number of hydrogen-bond acceptors (Lipinski definition) is 5. The molecule has 2 N–H and O–H groups in total. The Morgan fingerprint density at radius 2 is 2.20 bits per heavy atom. The van der Waals surface area contributed by atoms with E-state index >= 15 is 0 Å². The monoisotopic (exact) mass is 280 g/mol. The molecule has 1 fully saturated rings. The molecule has 112 valence electrons. The minimum atomic E-state index is -0.0823. The summed E-state index contributed by atoms with van der Waals surface area (Å²) in [6.07, 6.45) is 0.272. The van der Waals surface area contributed by atoms with E-state index in [1.807, 2.05) is 18.2 Å². The molecule has 2 atom stereocenters. The van der Waals surface area contributed by atoms with Crippen molar-refractivity contribution in [2.24, 2.45) is 5.73 Å². The number of benzene rings is 1. The molecule has 2 unspecified atom stereocenters. The summed E-state index contributed by atoms with van der Waals surface area (Å²) in [6, 6.07) is 5.68. The summed E-state index contributed by atoms with van der Waals surface area (Å²) in [5.74, 6) is 1.55. The van der Waals surface area contributed by atoms with E-state index < -0.39 is 0 Å². The Morgan fingerprint density at radius 1 is 1.40 bits per heavy atom. The number of ether oxygens (including phenoxy) is 3. The molecule has 0 saturated carbocycles. The van der Waals surface area contributed by atoms with Gasteiger partial charge in [0.25, 0.3) is 0 Å². The lowest BCUT2D eigenvalue weighted by molar-refractivity contribution is -0.0199. The molecule has 0 spiro atoms. The fourth-order valence-corrected chi connectivity index (χ4v) is 2.56. The zero-order chi connectivity index (χ0) is 14.5. The number of methoxy groups -OCH3 is 2. The molecule has 1 aromatic carbocycles. The number of rotatable bonds is 5. The van der Waals surface area contributed by atoms with E-state index in [1.54, 1.807) is 14.2 Å².